The SMILES string of the molecule is CCCCCS(=O)(=O)CC(=O)NC(CCC)C(=O)Nc1cccc(N2CCCC2)c1. The van der Waals surface area contributed by atoms with E-state index >= 15 is 0 Å². The number of hydrogen-bond acceptors (Lipinski definition) is 5. The van der Waals surface area contributed by atoms with Crippen molar-refractivity contribution in [2.45, 2.75) is 64.8 Å². The highest BCUT2D eigenvalue weighted by Crippen LogP contribution is 2.23. The monoisotopic (exact) mass is 437 g/mol. The number of amides is 2. The van der Waals surface area contributed by atoms with Crippen molar-refractivity contribution in [3.05, 3.63) is 24.3 Å². The summed E-state index contributed by atoms with van der Waals surface area (Å²) in [6, 6.07) is 6.92. The van der Waals surface area contributed by atoms with E-state index in [9.17, 15) is 18.0 Å². The summed E-state index contributed by atoms with van der Waals surface area (Å²) >= 11 is 0. The number of nitrogens with one attached hydrogen (secondary N) is 2. The van der Waals surface area contributed by atoms with Crippen LogP contribution in [0.1, 0.15) is 58.8 Å². The molecule has 1 aliphatic heterocycles. The minimum atomic E-state index is -3.46. The van der Waals surface area contributed by atoms with Crippen LogP contribution in [0.15, 0.2) is 24.3 Å². The lowest BCUT2D eigenvalue weighted by atomic mass is 10.1. The number of carbonyl (C=O) groups is 2. The molecular formula is C22H35N3O4S. The molecule has 1 fully saturated rings. The second kappa shape index (κ2) is 11.9. The Bertz CT molecular complexity index is 804. The van der Waals surface area contributed by atoms with E-state index in [4.69, 9.17) is 0 Å². The van der Waals surface area contributed by atoms with Crippen LogP contribution >= 0.6 is 0 Å². The van der Waals surface area contributed by atoms with Gasteiger partial charge in [-0.15, -0.1) is 0 Å². The first-order valence-electron chi connectivity index (χ1n) is 11.0. The van der Waals surface area contributed by atoms with Gasteiger partial charge in [0.05, 0.1) is 5.75 Å². The maximum Gasteiger partial charge on any atom is 0.246 e. The van der Waals surface area contributed by atoms with Crippen molar-refractivity contribution in [2.24, 2.45) is 0 Å². The van der Waals surface area contributed by atoms with E-state index in [2.05, 4.69) is 15.5 Å². The predicted molar refractivity (Wildman–Crippen MR) is 122 cm³/mol. The maximum atomic E-state index is 12.8. The smallest absolute Gasteiger partial charge is 0.246 e. The predicted octanol–water partition coefficient (Wildman–Crippen LogP) is 3.12. The third kappa shape index (κ3) is 7.97. The zero-order valence-electron chi connectivity index (χ0n) is 18.2. The summed E-state index contributed by atoms with van der Waals surface area (Å²) in [7, 11) is -3.46. The Labute approximate surface area is 180 Å². The highest BCUT2D eigenvalue weighted by Gasteiger charge is 2.23. The number of carbonyl (C=O) groups excluding carboxylic acids is 2. The summed E-state index contributed by atoms with van der Waals surface area (Å²) in [5, 5.41) is 5.48. The van der Waals surface area contributed by atoms with Gasteiger partial charge >= 0.3 is 0 Å². The van der Waals surface area contributed by atoms with Gasteiger partial charge in [0, 0.05) is 24.5 Å². The number of hydrogen-bond donors (Lipinski definition) is 2. The fourth-order valence-corrected chi connectivity index (χ4v) is 4.89. The van der Waals surface area contributed by atoms with Crippen molar-refractivity contribution in [1.82, 2.24) is 5.32 Å². The molecule has 2 amide bonds. The fraction of sp³-hybridized carbons (Fsp3) is 0.636. The van der Waals surface area contributed by atoms with Crippen molar-refractivity contribution in [1.29, 1.82) is 0 Å². The number of rotatable bonds is 12. The van der Waals surface area contributed by atoms with E-state index in [1.807, 2.05) is 38.1 Å². The van der Waals surface area contributed by atoms with Crippen LogP contribution in [0.3, 0.4) is 0 Å². The average molecular weight is 438 g/mol. The molecule has 1 aromatic carbocycles. The van der Waals surface area contributed by atoms with Gasteiger partial charge in [0.1, 0.15) is 11.8 Å². The molecule has 0 spiro atoms. The summed E-state index contributed by atoms with van der Waals surface area (Å²) in [5.41, 5.74) is 1.74. The first kappa shape index (κ1) is 24.2. The minimum Gasteiger partial charge on any atom is -0.371 e. The van der Waals surface area contributed by atoms with Crippen molar-refractivity contribution >= 4 is 33.0 Å². The van der Waals surface area contributed by atoms with Crippen LogP contribution in [-0.4, -0.2) is 50.9 Å². The number of anilines is 2. The normalized spacial score (nSPS) is 15.1. The van der Waals surface area contributed by atoms with Crippen LogP contribution < -0.4 is 15.5 Å². The minimum absolute atomic E-state index is 0.00218. The third-order valence-electron chi connectivity index (χ3n) is 5.22. The molecule has 2 rings (SSSR count). The zero-order chi connectivity index (χ0) is 22.0. The Morgan fingerprint density at radius 1 is 1.10 bits per heavy atom. The van der Waals surface area contributed by atoms with Gasteiger partial charge in [-0.3, -0.25) is 9.59 Å². The van der Waals surface area contributed by atoms with Gasteiger partial charge in [-0.05, 0) is 43.9 Å². The Hall–Kier alpha value is -2.09. The molecule has 0 aliphatic carbocycles. The highest BCUT2D eigenvalue weighted by atomic mass is 32.2. The number of sulfone groups is 1. The largest absolute Gasteiger partial charge is 0.371 e. The summed E-state index contributed by atoms with van der Waals surface area (Å²) in [6.45, 7) is 5.94. The maximum absolute atomic E-state index is 12.8. The van der Waals surface area contributed by atoms with Crippen LogP contribution in [0.2, 0.25) is 0 Å². The van der Waals surface area contributed by atoms with Gasteiger partial charge < -0.3 is 15.5 Å². The first-order valence-corrected chi connectivity index (χ1v) is 12.8. The second-order valence-electron chi connectivity index (χ2n) is 7.94. The molecule has 0 bridgehead atoms. The van der Waals surface area contributed by atoms with Crippen molar-refractivity contribution in [3.8, 4) is 0 Å². The van der Waals surface area contributed by atoms with E-state index < -0.39 is 27.5 Å². The number of nitrogens with zero attached hydrogens (tertiary/aromatic N) is 1. The lowest BCUT2D eigenvalue weighted by Crippen LogP contribution is -2.45. The molecule has 1 aliphatic rings. The Morgan fingerprint density at radius 3 is 2.50 bits per heavy atom. The molecule has 8 heteroatoms. The fourth-order valence-electron chi connectivity index (χ4n) is 3.62. The van der Waals surface area contributed by atoms with E-state index in [0.29, 0.717) is 24.9 Å². The van der Waals surface area contributed by atoms with Crippen LogP contribution in [0.25, 0.3) is 0 Å². The van der Waals surface area contributed by atoms with Gasteiger partial charge in [-0.25, -0.2) is 8.42 Å². The van der Waals surface area contributed by atoms with Gasteiger partial charge in [0.2, 0.25) is 11.8 Å². The van der Waals surface area contributed by atoms with Crippen molar-refractivity contribution in [3.63, 3.8) is 0 Å². The quantitative estimate of drug-likeness (QED) is 0.490. The van der Waals surface area contributed by atoms with Crippen LogP contribution in [0, 0.1) is 0 Å². The van der Waals surface area contributed by atoms with E-state index in [-0.39, 0.29) is 11.7 Å². The molecule has 0 aromatic heterocycles. The van der Waals surface area contributed by atoms with E-state index in [1.54, 1.807) is 0 Å². The van der Waals surface area contributed by atoms with Crippen molar-refractivity contribution in [2.75, 3.05) is 34.8 Å². The van der Waals surface area contributed by atoms with Crippen LogP contribution in [-0.2, 0) is 19.4 Å². The van der Waals surface area contributed by atoms with Gasteiger partial charge in [0.25, 0.3) is 0 Å². The van der Waals surface area contributed by atoms with Gasteiger partial charge in [0.15, 0.2) is 9.84 Å². The third-order valence-corrected chi connectivity index (χ3v) is 6.84. The molecule has 1 heterocycles. The van der Waals surface area contributed by atoms with Gasteiger partial charge in [-0.1, -0.05) is 39.2 Å². The molecule has 1 atom stereocenters. The second-order valence-corrected chi connectivity index (χ2v) is 10.1. The molecule has 0 saturated carbocycles. The molecule has 0 radical (unpaired) electrons. The van der Waals surface area contributed by atoms with Crippen LogP contribution in [0.4, 0.5) is 11.4 Å². The summed E-state index contributed by atoms with van der Waals surface area (Å²) in [5.74, 6) is -1.52. The number of benzene rings is 1. The first-order chi connectivity index (χ1) is 14.3. The average Bonchev–Trinajstić information content (AvgIpc) is 3.22. The topological polar surface area (TPSA) is 95.6 Å². The molecule has 1 unspecified atom stereocenters. The molecule has 1 aromatic rings. The standard InChI is InChI=1S/C22H35N3O4S/c1-3-5-8-15-30(28,29)17-21(26)24-20(10-4-2)22(27)23-18-11-9-12-19(16-18)25-13-6-7-14-25/h9,11-12,16,20H,3-8,10,13-15,17H2,1-2H3,(H,23,27)(H,24,26). The summed E-state index contributed by atoms with van der Waals surface area (Å²) in [6.07, 6.45) is 5.76. The molecule has 30 heavy (non-hydrogen) atoms. The highest BCUT2D eigenvalue weighted by molar-refractivity contribution is 7.92. The Morgan fingerprint density at radius 2 is 1.83 bits per heavy atom. The molecular weight excluding hydrogens is 402 g/mol. The lowest BCUT2D eigenvalue weighted by molar-refractivity contribution is -0.125. The summed E-state index contributed by atoms with van der Waals surface area (Å²) in [4.78, 5) is 27.3. The van der Waals surface area contributed by atoms with E-state index in [1.165, 1.54) is 12.8 Å². The number of unbranched alkanes of at least 4 members (excludes halogenated alkanes) is 2. The molecule has 1 saturated heterocycles. The molecule has 7 nitrogen and oxygen atoms in total. The van der Waals surface area contributed by atoms with Crippen LogP contribution in [0.5, 0.6) is 0 Å². The van der Waals surface area contributed by atoms with E-state index in [0.717, 1.165) is 31.6 Å². The zero-order valence-corrected chi connectivity index (χ0v) is 19.0. The Kier molecular flexibility index (Phi) is 9.62. The van der Waals surface area contributed by atoms with Gasteiger partial charge in [-0.2, -0.15) is 0 Å². The van der Waals surface area contributed by atoms with Crippen molar-refractivity contribution < 1.29 is 18.0 Å². The summed E-state index contributed by atoms with van der Waals surface area (Å²) < 4.78 is 24.2. The lowest BCUT2D eigenvalue weighted by Gasteiger charge is -2.20. The Balaban J connectivity index is 1.95. The molecule has 2 N–H and O–H groups in total. The molecule has 168 valence electrons.